The lowest BCUT2D eigenvalue weighted by Gasteiger charge is -2.10. The van der Waals surface area contributed by atoms with Gasteiger partial charge in [0.1, 0.15) is 11.5 Å². The molecule has 0 heterocycles. The number of nitrogens with one attached hydrogen (secondary N) is 1. The van der Waals surface area contributed by atoms with Crippen molar-refractivity contribution in [1.29, 1.82) is 0 Å². The number of aromatic hydroxyl groups is 1. The van der Waals surface area contributed by atoms with Crippen LogP contribution in [0, 0.1) is 0 Å². The second-order valence-corrected chi connectivity index (χ2v) is 5.24. The number of anilines is 1. The number of aromatic carboxylic acids is 1. The van der Waals surface area contributed by atoms with Gasteiger partial charge < -0.3 is 20.3 Å². The van der Waals surface area contributed by atoms with E-state index in [2.05, 4.69) is 21.2 Å². The van der Waals surface area contributed by atoms with Gasteiger partial charge in [-0.1, -0.05) is 15.9 Å². The molecule has 114 valence electrons. The van der Waals surface area contributed by atoms with E-state index in [0.717, 1.165) is 10.5 Å². The summed E-state index contributed by atoms with van der Waals surface area (Å²) in [5.41, 5.74) is -0.105. The Morgan fingerprint density at radius 3 is 2.45 bits per heavy atom. The molecule has 0 radical (unpaired) electrons. The summed E-state index contributed by atoms with van der Waals surface area (Å²) < 4.78 is 6.18. The van der Waals surface area contributed by atoms with Crippen LogP contribution in [-0.4, -0.2) is 28.7 Å². The molecule has 0 aliphatic heterocycles. The summed E-state index contributed by atoms with van der Waals surface area (Å²) in [5.74, 6) is -1.43. The minimum absolute atomic E-state index is 0.0923. The summed E-state index contributed by atoms with van der Waals surface area (Å²) in [6, 6.07) is 10.6. The predicted molar refractivity (Wildman–Crippen MR) is 83.3 cm³/mol. The Hall–Kier alpha value is -2.54. The summed E-state index contributed by atoms with van der Waals surface area (Å²) in [4.78, 5) is 22.9. The normalized spacial score (nSPS) is 10.0. The number of amides is 1. The maximum atomic E-state index is 11.8. The maximum absolute atomic E-state index is 11.8. The molecular weight excluding hydrogens is 354 g/mol. The smallest absolute Gasteiger partial charge is 0.337 e. The topological polar surface area (TPSA) is 95.9 Å². The van der Waals surface area contributed by atoms with Crippen molar-refractivity contribution in [2.24, 2.45) is 0 Å². The fourth-order valence-corrected chi connectivity index (χ4v) is 1.95. The number of phenolic OH excluding ortho intramolecular Hbond substituents is 1. The van der Waals surface area contributed by atoms with Crippen LogP contribution in [0.1, 0.15) is 10.4 Å². The van der Waals surface area contributed by atoms with Crippen LogP contribution in [0.4, 0.5) is 5.69 Å². The SMILES string of the molecule is O=C(COc1ccc(Br)cc1)Nc1ccc(O)cc1C(=O)O. The summed E-state index contributed by atoms with van der Waals surface area (Å²) in [6.07, 6.45) is 0. The van der Waals surface area contributed by atoms with Gasteiger partial charge in [-0.25, -0.2) is 4.79 Å². The van der Waals surface area contributed by atoms with Gasteiger partial charge in [0.25, 0.3) is 5.91 Å². The third-order valence-electron chi connectivity index (χ3n) is 2.69. The number of hydrogen-bond donors (Lipinski definition) is 3. The molecule has 7 heteroatoms. The molecule has 0 aliphatic rings. The van der Waals surface area contributed by atoms with E-state index < -0.39 is 11.9 Å². The molecule has 0 bridgehead atoms. The number of phenols is 1. The minimum Gasteiger partial charge on any atom is -0.508 e. The quantitative estimate of drug-likeness (QED) is 0.708. The number of rotatable bonds is 5. The highest BCUT2D eigenvalue weighted by atomic mass is 79.9. The Morgan fingerprint density at radius 2 is 1.82 bits per heavy atom. The molecule has 0 unspecified atom stereocenters. The number of benzene rings is 2. The number of carboxylic acids is 1. The number of hydrogen-bond acceptors (Lipinski definition) is 4. The number of carboxylic acid groups (broad SMARTS) is 1. The van der Waals surface area contributed by atoms with Gasteiger partial charge in [0.15, 0.2) is 6.61 Å². The summed E-state index contributed by atoms with van der Waals surface area (Å²) in [7, 11) is 0. The Labute approximate surface area is 134 Å². The first kappa shape index (κ1) is 15.8. The van der Waals surface area contributed by atoms with Crippen LogP contribution < -0.4 is 10.1 Å². The van der Waals surface area contributed by atoms with Gasteiger partial charge in [0.05, 0.1) is 11.3 Å². The Balaban J connectivity index is 2.00. The Bertz CT molecular complexity index is 700. The van der Waals surface area contributed by atoms with Crippen LogP contribution in [-0.2, 0) is 4.79 Å². The first-order chi connectivity index (χ1) is 10.5. The van der Waals surface area contributed by atoms with Crippen LogP contribution in [0.5, 0.6) is 11.5 Å². The van der Waals surface area contributed by atoms with Crippen molar-refractivity contribution in [3.05, 3.63) is 52.5 Å². The minimum atomic E-state index is -1.25. The number of carbonyl (C=O) groups excluding carboxylic acids is 1. The molecule has 1 amide bonds. The summed E-state index contributed by atoms with van der Waals surface area (Å²) in [6.45, 7) is -0.262. The van der Waals surface area contributed by atoms with Crippen molar-refractivity contribution in [2.75, 3.05) is 11.9 Å². The lowest BCUT2D eigenvalue weighted by atomic mass is 10.1. The van der Waals surface area contributed by atoms with E-state index >= 15 is 0 Å². The molecule has 0 spiro atoms. The van der Waals surface area contributed by atoms with Crippen molar-refractivity contribution in [3.8, 4) is 11.5 Å². The van der Waals surface area contributed by atoms with Gasteiger partial charge in [0.2, 0.25) is 0 Å². The van der Waals surface area contributed by atoms with E-state index in [1.807, 2.05) is 0 Å². The maximum Gasteiger partial charge on any atom is 0.337 e. The van der Waals surface area contributed by atoms with Gasteiger partial charge in [-0.3, -0.25) is 4.79 Å². The highest BCUT2D eigenvalue weighted by molar-refractivity contribution is 9.10. The molecule has 2 aromatic carbocycles. The fraction of sp³-hybridized carbons (Fsp3) is 0.0667. The molecule has 0 saturated heterocycles. The third kappa shape index (κ3) is 4.23. The standard InChI is InChI=1S/C15H12BrNO5/c16-9-1-4-11(5-2-9)22-8-14(19)17-13-6-3-10(18)7-12(13)15(20)21/h1-7,18H,8H2,(H,17,19)(H,20,21). The zero-order valence-electron chi connectivity index (χ0n) is 11.2. The second kappa shape index (κ2) is 6.95. The third-order valence-corrected chi connectivity index (χ3v) is 3.22. The van der Waals surface area contributed by atoms with Gasteiger partial charge in [-0.05, 0) is 42.5 Å². The second-order valence-electron chi connectivity index (χ2n) is 4.33. The van der Waals surface area contributed by atoms with Crippen molar-refractivity contribution in [1.82, 2.24) is 0 Å². The number of ether oxygens (including phenoxy) is 1. The Kier molecular flexibility index (Phi) is 5.00. The Morgan fingerprint density at radius 1 is 1.14 bits per heavy atom. The number of carbonyl (C=O) groups is 2. The lowest BCUT2D eigenvalue weighted by molar-refractivity contribution is -0.118. The van der Waals surface area contributed by atoms with Gasteiger partial charge in [-0.2, -0.15) is 0 Å². The molecule has 2 rings (SSSR count). The van der Waals surface area contributed by atoms with Crippen LogP contribution in [0.3, 0.4) is 0 Å². The van der Waals surface area contributed by atoms with Crippen LogP contribution in [0.2, 0.25) is 0 Å². The summed E-state index contributed by atoms with van der Waals surface area (Å²) in [5, 5.41) is 20.8. The zero-order chi connectivity index (χ0) is 16.1. The molecule has 0 fully saturated rings. The first-order valence-electron chi connectivity index (χ1n) is 6.20. The molecule has 0 saturated carbocycles. The van der Waals surface area contributed by atoms with Gasteiger partial charge >= 0.3 is 5.97 Å². The lowest BCUT2D eigenvalue weighted by Crippen LogP contribution is -2.21. The van der Waals surface area contributed by atoms with E-state index in [1.54, 1.807) is 24.3 Å². The zero-order valence-corrected chi connectivity index (χ0v) is 12.8. The number of halogens is 1. The molecule has 2 aromatic rings. The molecule has 0 atom stereocenters. The molecule has 0 aromatic heterocycles. The average molecular weight is 366 g/mol. The fourth-order valence-electron chi connectivity index (χ4n) is 1.68. The van der Waals surface area contributed by atoms with Crippen LogP contribution in [0.15, 0.2) is 46.9 Å². The predicted octanol–water partition coefficient (Wildman–Crippen LogP) is 2.87. The van der Waals surface area contributed by atoms with Crippen molar-refractivity contribution < 1.29 is 24.5 Å². The average Bonchev–Trinajstić information content (AvgIpc) is 2.48. The monoisotopic (exact) mass is 365 g/mol. The largest absolute Gasteiger partial charge is 0.508 e. The molecule has 0 aliphatic carbocycles. The van der Waals surface area contributed by atoms with Crippen molar-refractivity contribution in [3.63, 3.8) is 0 Å². The molecule has 6 nitrogen and oxygen atoms in total. The highest BCUT2D eigenvalue weighted by Crippen LogP contribution is 2.21. The molecular formula is C15H12BrNO5. The van der Waals surface area contributed by atoms with Crippen LogP contribution >= 0.6 is 15.9 Å². The van der Waals surface area contributed by atoms with E-state index in [1.165, 1.54) is 12.1 Å². The van der Waals surface area contributed by atoms with E-state index in [0.29, 0.717) is 5.75 Å². The summed E-state index contributed by atoms with van der Waals surface area (Å²) >= 11 is 3.29. The van der Waals surface area contributed by atoms with Crippen LogP contribution in [0.25, 0.3) is 0 Å². The van der Waals surface area contributed by atoms with Crippen molar-refractivity contribution >= 4 is 33.5 Å². The molecule has 22 heavy (non-hydrogen) atoms. The van der Waals surface area contributed by atoms with Crippen molar-refractivity contribution in [2.45, 2.75) is 0 Å². The van der Waals surface area contributed by atoms with E-state index in [9.17, 15) is 14.7 Å². The van der Waals surface area contributed by atoms with Gasteiger partial charge in [-0.15, -0.1) is 0 Å². The van der Waals surface area contributed by atoms with E-state index in [-0.39, 0.29) is 23.6 Å². The van der Waals surface area contributed by atoms with E-state index in [4.69, 9.17) is 9.84 Å². The van der Waals surface area contributed by atoms with Gasteiger partial charge in [0, 0.05) is 4.47 Å². The first-order valence-corrected chi connectivity index (χ1v) is 6.99. The highest BCUT2D eigenvalue weighted by Gasteiger charge is 2.13. The molecule has 3 N–H and O–H groups in total.